The molecule has 8 heteroatoms. The second kappa shape index (κ2) is 9.59. The smallest absolute Gasteiger partial charge is 0.252 e. The molecular weight excluding hydrogens is 376 g/mol. The lowest BCUT2D eigenvalue weighted by atomic mass is 9.93. The Morgan fingerprint density at radius 3 is 2.82 bits per heavy atom. The number of hydrogen-bond donors (Lipinski definition) is 2. The Bertz CT molecular complexity index is 807. The average molecular weight is 403 g/mol. The van der Waals surface area contributed by atoms with Crippen molar-refractivity contribution in [2.24, 2.45) is 10.9 Å². The Labute approximate surface area is 170 Å². The van der Waals surface area contributed by atoms with Crippen LogP contribution in [0.25, 0.3) is 0 Å². The Kier molecular flexibility index (Phi) is 6.92. The van der Waals surface area contributed by atoms with E-state index in [0.29, 0.717) is 35.6 Å². The molecule has 2 unspecified atom stereocenters. The van der Waals surface area contributed by atoms with Gasteiger partial charge in [-0.2, -0.15) is 0 Å². The number of amides is 1. The molecule has 1 aliphatic rings. The molecule has 0 aliphatic carbocycles. The van der Waals surface area contributed by atoms with Crippen LogP contribution in [0.2, 0.25) is 5.02 Å². The molecule has 1 aliphatic heterocycles. The summed E-state index contributed by atoms with van der Waals surface area (Å²) in [7, 11) is 1.79. The predicted molar refractivity (Wildman–Crippen MR) is 112 cm³/mol. The van der Waals surface area contributed by atoms with Crippen molar-refractivity contribution in [3.8, 4) is 0 Å². The first-order valence-electron chi connectivity index (χ1n) is 9.56. The number of likely N-dealkylation sites (tertiary alicyclic amines) is 1. The molecule has 28 heavy (non-hydrogen) atoms. The van der Waals surface area contributed by atoms with Crippen LogP contribution in [0.15, 0.2) is 48.0 Å². The molecule has 3 rings (SSSR count). The van der Waals surface area contributed by atoms with Gasteiger partial charge in [-0.05, 0) is 24.5 Å². The lowest BCUT2D eigenvalue weighted by molar-refractivity contribution is 0.0954. The highest BCUT2D eigenvalue weighted by Crippen LogP contribution is 2.27. The normalized spacial score (nSPS) is 20.1. The zero-order valence-electron chi connectivity index (χ0n) is 16.3. The minimum Gasteiger partial charge on any atom is -0.354 e. The Hall–Kier alpha value is -2.54. The predicted octanol–water partition coefficient (Wildman–Crippen LogP) is 2.42. The van der Waals surface area contributed by atoms with Crippen LogP contribution in [0, 0.1) is 5.92 Å². The van der Waals surface area contributed by atoms with Crippen LogP contribution in [0.4, 0.5) is 0 Å². The van der Waals surface area contributed by atoms with Crippen molar-refractivity contribution < 1.29 is 4.79 Å². The van der Waals surface area contributed by atoms with E-state index < -0.39 is 0 Å². The maximum atomic E-state index is 12.2. The second-order valence-electron chi connectivity index (χ2n) is 7.00. The van der Waals surface area contributed by atoms with E-state index in [0.717, 1.165) is 25.5 Å². The van der Waals surface area contributed by atoms with E-state index in [-0.39, 0.29) is 5.91 Å². The Morgan fingerprint density at radius 2 is 2.11 bits per heavy atom. The van der Waals surface area contributed by atoms with Crippen LogP contribution < -0.4 is 10.6 Å². The summed E-state index contributed by atoms with van der Waals surface area (Å²) in [6, 6.07) is 7.41. The summed E-state index contributed by atoms with van der Waals surface area (Å²) in [6.07, 6.45) is 6.81. The number of nitrogens with zero attached hydrogens (tertiary/aromatic N) is 4. The number of carbonyl (C=O) groups excluding carboxylic acids is 1. The molecular formula is C20H27ClN6O. The number of imidazole rings is 1. The van der Waals surface area contributed by atoms with Gasteiger partial charge in [0.15, 0.2) is 5.96 Å². The van der Waals surface area contributed by atoms with Crippen LogP contribution in [0.3, 0.4) is 0 Å². The molecule has 0 spiro atoms. The van der Waals surface area contributed by atoms with Crippen LogP contribution in [0.1, 0.15) is 29.7 Å². The van der Waals surface area contributed by atoms with Gasteiger partial charge in [-0.1, -0.05) is 30.7 Å². The zero-order valence-corrected chi connectivity index (χ0v) is 17.1. The fraction of sp³-hybridized carbons (Fsp3) is 0.450. The summed E-state index contributed by atoms with van der Waals surface area (Å²) in [5.74, 6) is 1.26. The lowest BCUT2D eigenvalue weighted by Gasteiger charge is -2.39. The number of halogens is 1. The Morgan fingerprint density at radius 1 is 1.32 bits per heavy atom. The quantitative estimate of drug-likeness (QED) is 0.457. The van der Waals surface area contributed by atoms with Gasteiger partial charge in [0.05, 0.1) is 23.0 Å². The molecule has 1 amide bonds. The Balaban J connectivity index is 1.49. The molecule has 2 N–H and O–H groups in total. The molecule has 0 saturated carbocycles. The monoisotopic (exact) mass is 402 g/mol. The summed E-state index contributed by atoms with van der Waals surface area (Å²) in [6.45, 7) is 5.19. The van der Waals surface area contributed by atoms with Crippen LogP contribution in [0.5, 0.6) is 0 Å². The van der Waals surface area contributed by atoms with Crippen molar-refractivity contribution in [1.82, 2.24) is 25.1 Å². The minimum absolute atomic E-state index is 0.172. The van der Waals surface area contributed by atoms with Gasteiger partial charge in [0.1, 0.15) is 0 Å². The molecule has 0 bridgehead atoms. The third-order valence-electron chi connectivity index (χ3n) is 5.15. The standard InChI is InChI=1S/C20H27ClN6O/c1-15-7-11-26(13-18(15)27-12-10-23-14-27)20(22-2)25-9-8-24-19(28)16-5-3-4-6-17(16)21/h3-6,10,12,14-15,18H,7-9,11,13H2,1-2H3,(H,22,25)(H,24,28). The number of benzene rings is 1. The molecule has 150 valence electrons. The van der Waals surface area contributed by atoms with E-state index in [2.05, 4.69) is 37.0 Å². The van der Waals surface area contributed by atoms with Crippen molar-refractivity contribution >= 4 is 23.5 Å². The first kappa shape index (κ1) is 20.2. The summed E-state index contributed by atoms with van der Waals surface area (Å²) in [5, 5.41) is 6.69. The summed E-state index contributed by atoms with van der Waals surface area (Å²) in [4.78, 5) is 23.1. The van der Waals surface area contributed by atoms with Gasteiger partial charge in [-0.3, -0.25) is 9.79 Å². The van der Waals surface area contributed by atoms with E-state index in [4.69, 9.17) is 11.6 Å². The molecule has 1 aromatic heterocycles. The van der Waals surface area contributed by atoms with Crippen molar-refractivity contribution in [3.63, 3.8) is 0 Å². The summed E-state index contributed by atoms with van der Waals surface area (Å²) >= 11 is 6.07. The number of aromatic nitrogens is 2. The second-order valence-corrected chi connectivity index (χ2v) is 7.41. The first-order chi connectivity index (χ1) is 13.6. The number of hydrogen-bond acceptors (Lipinski definition) is 3. The van der Waals surface area contributed by atoms with Crippen LogP contribution >= 0.6 is 11.6 Å². The summed E-state index contributed by atoms with van der Waals surface area (Å²) in [5.41, 5.74) is 0.488. The number of guanidine groups is 1. The van der Waals surface area contributed by atoms with Gasteiger partial charge in [-0.25, -0.2) is 4.98 Å². The fourth-order valence-corrected chi connectivity index (χ4v) is 3.74. The molecule has 2 aromatic rings. The highest BCUT2D eigenvalue weighted by Gasteiger charge is 2.28. The average Bonchev–Trinajstić information content (AvgIpc) is 3.23. The minimum atomic E-state index is -0.172. The van der Waals surface area contributed by atoms with Gasteiger partial charge in [0, 0.05) is 45.6 Å². The SMILES string of the molecule is CN=C(NCCNC(=O)c1ccccc1Cl)N1CCC(C)C(n2ccnc2)C1. The third-order valence-corrected chi connectivity index (χ3v) is 5.48. The molecule has 1 fully saturated rings. The molecule has 2 atom stereocenters. The number of nitrogens with one attached hydrogen (secondary N) is 2. The molecule has 1 aromatic carbocycles. The highest BCUT2D eigenvalue weighted by atomic mass is 35.5. The van der Waals surface area contributed by atoms with Crippen molar-refractivity contribution in [1.29, 1.82) is 0 Å². The number of rotatable bonds is 5. The maximum Gasteiger partial charge on any atom is 0.252 e. The zero-order chi connectivity index (χ0) is 19.9. The van der Waals surface area contributed by atoms with Crippen LogP contribution in [-0.4, -0.2) is 59.5 Å². The molecule has 7 nitrogen and oxygen atoms in total. The number of carbonyl (C=O) groups is 1. The van der Waals surface area contributed by atoms with Crippen molar-refractivity contribution in [2.45, 2.75) is 19.4 Å². The van der Waals surface area contributed by atoms with E-state index in [1.165, 1.54) is 0 Å². The van der Waals surface area contributed by atoms with E-state index in [9.17, 15) is 4.79 Å². The highest BCUT2D eigenvalue weighted by molar-refractivity contribution is 6.33. The van der Waals surface area contributed by atoms with Gasteiger partial charge in [0.25, 0.3) is 5.91 Å². The number of aliphatic imine (C=N–C) groups is 1. The largest absolute Gasteiger partial charge is 0.354 e. The maximum absolute atomic E-state index is 12.2. The van der Waals surface area contributed by atoms with Gasteiger partial charge < -0.3 is 20.1 Å². The third kappa shape index (κ3) is 4.84. The summed E-state index contributed by atoms with van der Waals surface area (Å²) < 4.78 is 2.17. The van der Waals surface area contributed by atoms with E-state index in [1.54, 1.807) is 31.3 Å². The van der Waals surface area contributed by atoms with Gasteiger partial charge in [0.2, 0.25) is 0 Å². The topological polar surface area (TPSA) is 74.6 Å². The van der Waals surface area contributed by atoms with E-state index in [1.807, 2.05) is 18.7 Å². The molecule has 2 heterocycles. The van der Waals surface area contributed by atoms with Crippen LogP contribution in [-0.2, 0) is 0 Å². The van der Waals surface area contributed by atoms with Gasteiger partial charge in [-0.15, -0.1) is 0 Å². The first-order valence-corrected chi connectivity index (χ1v) is 9.93. The number of piperidine rings is 1. The van der Waals surface area contributed by atoms with Crippen molar-refractivity contribution in [2.75, 3.05) is 33.2 Å². The van der Waals surface area contributed by atoms with E-state index >= 15 is 0 Å². The fourth-order valence-electron chi connectivity index (χ4n) is 3.52. The lowest BCUT2D eigenvalue weighted by Crippen LogP contribution is -2.50. The van der Waals surface area contributed by atoms with Crippen molar-refractivity contribution in [3.05, 3.63) is 53.6 Å². The molecule has 0 radical (unpaired) electrons. The van der Waals surface area contributed by atoms with Gasteiger partial charge >= 0.3 is 0 Å². The molecule has 1 saturated heterocycles.